The highest BCUT2D eigenvalue weighted by Crippen LogP contribution is 2.32. The molecule has 0 saturated carbocycles. The molecule has 0 aliphatic carbocycles. The zero-order valence-electron chi connectivity index (χ0n) is 22.9. The minimum atomic E-state index is -0.616. The van der Waals surface area contributed by atoms with Gasteiger partial charge in [0, 0.05) is 39.2 Å². The van der Waals surface area contributed by atoms with E-state index >= 15 is 0 Å². The van der Waals surface area contributed by atoms with Crippen LogP contribution in [0.25, 0.3) is 5.69 Å². The van der Waals surface area contributed by atoms with Crippen LogP contribution in [0.4, 0.5) is 0 Å². The summed E-state index contributed by atoms with van der Waals surface area (Å²) in [5.41, 5.74) is 3.33. The van der Waals surface area contributed by atoms with Crippen molar-refractivity contribution >= 4 is 0 Å². The van der Waals surface area contributed by atoms with E-state index in [0.29, 0.717) is 19.8 Å². The van der Waals surface area contributed by atoms with Crippen LogP contribution < -0.4 is 15.7 Å². The van der Waals surface area contributed by atoms with Crippen molar-refractivity contribution in [2.45, 2.75) is 70.9 Å². The van der Waals surface area contributed by atoms with Crippen molar-refractivity contribution in [2.24, 2.45) is 0 Å². The highest BCUT2D eigenvalue weighted by atomic mass is 16.7. The standard InChI is InChI=1S/C30H41N3O6/c1-30(2)38-21-24-18-23(12-13-27(24)39-30)26(34)19-31-14-5-3-4-6-15-37-16-8-10-22-9-7-11-25(17-22)33-20-28(35)32-29(33)36/h7,9,11-13,17-18,20,26,31,34-35H,3-6,8,10,14-16,19,21H2,1-2H3,(H,32,36)/t26-/m0/s1. The predicted molar refractivity (Wildman–Crippen MR) is 149 cm³/mol. The molecule has 0 amide bonds. The van der Waals surface area contributed by atoms with E-state index in [9.17, 15) is 15.0 Å². The second-order valence-corrected chi connectivity index (χ2v) is 10.5. The molecule has 39 heavy (non-hydrogen) atoms. The minimum Gasteiger partial charge on any atom is -0.493 e. The molecule has 1 atom stereocenters. The van der Waals surface area contributed by atoms with E-state index in [-0.39, 0.29) is 11.6 Å². The lowest BCUT2D eigenvalue weighted by Crippen LogP contribution is -2.35. The summed E-state index contributed by atoms with van der Waals surface area (Å²) in [7, 11) is 0. The molecule has 1 aliphatic rings. The Hall–Kier alpha value is -3.11. The second kappa shape index (κ2) is 13.8. The van der Waals surface area contributed by atoms with Crippen LogP contribution in [0.1, 0.15) is 68.7 Å². The van der Waals surface area contributed by atoms with Gasteiger partial charge in [0.05, 0.1) is 24.6 Å². The summed E-state index contributed by atoms with van der Waals surface area (Å²) in [5.74, 6) is 0.0560. The summed E-state index contributed by atoms with van der Waals surface area (Å²) >= 11 is 0. The predicted octanol–water partition coefficient (Wildman–Crippen LogP) is 4.35. The van der Waals surface area contributed by atoms with Crippen molar-refractivity contribution in [3.63, 3.8) is 0 Å². The van der Waals surface area contributed by atoms with Gasteiger partial charge in [0.2, 0.25) is 11.7 Å². The number of hydrogen-bond donors (Lipinski definition) is 4. The largest absolute Gasteiger partial charge is 0.493 e. The minimum absolute atomic E-state index is 0.147. The number of benzene rings is 2. The van der Waals surface area contributed by atoms with Gasteiger partial charge in [-0.2, -0.15) is 0 Å². The third-order valence-corrected chi connectivity index (χ3v) is 6.78. The number of unbranched alkanes of at least 4 members (excludes halogenated alkanes) is 3. The summed E-state index contributed by atoms with van der Waals surface area (Å²) in [6.07, 6.45) is 6.92. The number of aliphatic hydroxyl groups excluding tert-OH is 1. The Labute approximate surface area is 229 Å². The Morgan fingerprint density at radius 3 is 2.74 bits per heavy atom. The molecule has 0 spiro atoms. The van der Waals surface area contributed by atoms with Crippen molar-refractivity contribution in [3.05, 3.63) is 75.8 Å². The molecule has 4 N–H and O–H groups in total. The van der Waals surface area contributed by atoms with E-state index < -0.39 is 11.9 Å². The topological polar surface area (TPSA) is 118 Å². The Kier molecular flexibility index (Phi) is 10.2. The SMILES string of the molecule is CC1(C)OCc2cc([C@@H](O)CNCCCCCCOCCCc3cccc(-n4cc(O)[nH]c4=O)c3)ccc2O1. The fourth-order valence-electron chi connectivity index (χ4n) is 4.65. The molecule has 2 heterocycles. The van der Waals surface area contributed by atoms with Crippen LogP contribution in [-0.4, -0.2) is 51.9 Å². The van der Waals surface area contributed by atoms with Crippen molar-refractivity contribution in [3.8, 4) is 17.3 Å². The van der Waals surface area contributed by atoms with Crippen LogP contribution in [0, 0.1) is 0 Å². The number of H-pyrrole nitrogens is 1. The number of aliphatic hydroxyl groups is 1. The number of aromatic hydroxyl groups is 1. The maximum absolute atomic E-state index is 11.9. The lowest BCUT2D eigenvalue weighted by molar-refractivity contribution is -0.180. The number of rotatable bonds is 15. The first-order valence-corrected chi connectivity index (χ1v) is 13.8. The van der Waals surface area contributed by atoms with Crippen molar-refractivity contribution in [1.82, 2.24) is 14.9 Å². The summed E-state index contributed by atoms with van der Waals surface area (Å²) in [6.45, 7) is 7.12. The van der Waals surface area contributed by atoms with Crippen molar-refractivity contribution in [2.75, 3.05) is 26.3 Å². The number of aryl methyl sites for hydroxylation is 1. The van der Waals surface area contributed by atoms with Gasteiger partial charge in [0.1, 0.15) is 5.75 Å². The maximum atomic E-state index is 11.9. The molecule has 0 unspecified atom stereocenters. The Bertz CT molecular complexity index is 1250. The molecule has 0 saturated heterocycles. The summed E-state index contributed by atoms with van der Waals surface area (Å²) in [6, 6.07) is 13.5. The van der Waals surface area contributed by atoms with Gasteiger partial charge >= 0.3 is 5.69 Å². The van der Waals surface area contributed by atoms with Gasteiger partial charge in [-0.3, -0.25) is 9.55 Å². The van der Waals surface area contributed by atoms with E-state index in [1.807, 2.05) is 56.3 Å². The average Bonchev–Trinajstić information content (AvgIpc) is 3.26. The molecule has 212 valence electrons. The normalized spacial score (nSPS) is 15.1. The van der Waals surface area contributed by atoms with Gasteiger partial charge in [0.25, 0.3) is 0 Å². The highest BCUT2D eigenvalue weighted by molar-refractivity contribution is 5.39. The fraction of sp³-hybridized carbons (Fsp3) is 0.500. The third-order valence-electron chi connectivity index (χ3n) is 6.78. The smallest absolute Gasteiger partial charge is 0.332 e. The number of aromatic nitrogens is 2. The molecule has 4 rings (SSSR count). The highest BCUT2D eigenvalue weighted by Gasteiger charge is 2.27. The summed E-state index contributed by atoms with van der Waals surface area (Å²) < 4.78 is 18.7. The zero-order valence-corrected chi connectivity index (χ0v) is 22.9. The van der Waals surface area contributed by atoms with Crippen LogP contribution in [0.5, 0.6) is 11.6 Å². The van der Waals surface area contributed by atoms with Crippen LogP contribution in [0.3, 0.4) is 0 Å². The van der Waals surface area contributed by atoms with Gasteiger partial charge in [-0.1, -0.05) is 31.0 Å². The van der Waals surface area contributed by atoms with E-state index in [2.05, 4.69) is 10.3 Å². The molecule has 2 aromatic carbocycles. The number of imidazole rings is 1. The first kappa shape index (κ1) is 28.9. The van der Waals surface area contributed by atoms with E-state index in [1.54, 1.807) is 0 Å². The molecule has 9 nitrogen and oxygen atoms in total. The molecule has 0 fully saturated rings. The molecule has 0 bridgehead atoms. The Balaban J connectivity index is 1.01. The number of nitrogens with zero attached hydrogens (tertiary/aromatic N) is 1. The molecule has 1 aliphatic heterocycles. The van der Waals surface area contributed by atoms with Crippen LogP contribution in [0.2, 0.25) is 0 Å². The number of hydrogen-bond acceptors (Lipinski definition) is 7. The first-order chi connectivity index (χ1) is 18.8. The van der Waals surface area contributed by atoms with Crippen LogP contribution >= 0.6 is 0 Å². The Morgan fingerprint density at radius 2 is 1.92 bits per heavy atom. The van der Waals surface area contributed by atoms with Gasteiger partial charge in [0.15, 0.2) is 0 Å². The average molecular weight is 540 g/mol. The summed E-state index contributed by atoms with van der Waals surface area (Å²) in [5, 5.41) is 23.4. The molecule has 9 heteroatoms. The molecule has 1 aromatic heterocycles. The van der Waals surface area contributed by atoms with Crippen LogP contribution in [0.15, 0.2) is 53.5 Å². The summed E-state index contributed by atoms with van der Waals surface area (Å²) in [4.78, 5) is 14.2. The molecular formula is C30H41N3O6. The third kappa shape index (κ3) is 8.69. The fourth-order valence-corrected chi connectivity index (χ4v) is 4.65. The number of nitrogens with one attached hydrogen (secondary N) is 2. The zero-order chi connectivity index (χ0) is 27.7. The quantitative estimate of drug-likeness (QED) is 0.212. The lowest BCUT2D eigenvalue weighted by atomic mass is 10.0. The molecular weight excluding hydrogens is 498 g/mol. The van der Waals surface area contributed by atoms with E-state index in [4.69, 9.17) is 14.2 Å². The Morgan fingerprint density at radius 1 is 1.10 bits per heavy atom. The van der Waals surface area contributed by atoms with E-state index in [1.165, 1.54) is 10.8 Å². The molecule has 0 radical (unpaired) electrons. The van der Waals surface area contributed by atoms with E-state index in [0.717, 1.165) is 79.8 Å². The maximum Gasteiger partial charge on any atom is 0.332 e. The van der Waals surface area contributed by atoms with Crippen molar-refractivity contribution in [1.29, 1.82) is 0 Å². The second-order valence-electron chi connectivity index (χ2n) is 10.5. The van der Waals surface area contributed by atoms with Gasteiger partial charge < -0.3 is 29.7 Å². The van der Waals surface area contributed by atoms with Crippen LogP contribution in [-0.2, 0) is 22.5 Å². The van der Waals surface area contributed by atoms with Gasteiger partial charge in [-0.15, -0.1) is 0 Å². The van der Waals surface area contributed by atoms with Crippen molar-refractivity contribution < 1.29 is 24.4 Å². The molecule has 3 aromatic rings. The number of aromatic amines is 1. The number of ether oxygens (including phenoxy) is 3. The first-order valence-electron chi connectivity index (χ1n) is 13.8. The van der Waals surface area contributed by atoms with Gasteiger partial charge in [-0.25, -0.2) is 4.79 Å². The monoisotopic (exact) mass is 539 g/mol. The number of fused-ring (bicyclic) bond motifs is 1. The lowest BCUT2D eigenvalue weighted by Gasteiger charge is -2.33. The van der Waals surface area contributed by atoms with Gasteiger partial charge in [-0.05, 0) is 67.6 Å².